The van der Waals surface area contributed by atoms with Crippen molar-refractivity contribution < 1.29 is 5.11 Å². The van der Waals surface area contributed by atoms with Crippen LogP contribution in [0.1, 0.15) is 6.92 Å². The van der Waals surface area contributed by atoms with Crippen LogP contribution < -0.4 is 5.32 Å². The molecule has 0 aliphatic carbocycles. The van der Waals surface area contributed by atoms with Gasteiger partial charge in [-0.1, -0.05) is 12.1 Å². The highest BCUT2D eigenvalue weighted by atomic mass is 16.3. The van der Waals surface area contributed by atoms with Crippen molar-refractivity contribution in [3.63, 3.8) is 0 Å². The smallest absolute Gasteiger partial charge is 0.201 e. The van der Waals surface area contributed by atoms with Crippen molar-refractivity contribution in [3.8, 4) is 0 Å². The van der Waals surface area contributed by atoms with E-state index in [0.717, 1.165) is 11.0 Å². The minimum absolute atomic E-state index is 0.372. The molecule has 0 saturated carbocycles. The van der Waals surface area contributed by atoms with E-state index in [0.29, 0.717) is 12.5 Å². The number of hydrogen-bond donors (Lipinski definition) is 3. The van der Waals surface area contributed by atoms with Crippen LogP contribution in [-0.2, 0) is 0 Å². The Morgan fingerprint density at radius 1 is 1.50 bits per heavy atom. The molecule has 0 bridgehead atoms. The number of rotatable bonds is 3. The molecule has 14 heavy (non-hydrogen) atoms. The second kappa shape index (κ2) is 3.67. The zero-order valence-electron chi connectivity index (χ0n) is 7.99. The fourth-order valence-electron chi connectivity index (χ4n) is 1.28. The fraction of sp³-hybridized carbons (Fsp3) is 0.300. The maximum absolute atomic E-state index is 9.08. The first-order valence-corrected chi connectivity index (χ1v) is 4.62. The van der Waals surface area contributed by atoms with Crippen LogP contribution in [0.3, 0.4) is 0 Å². The summed E-state index contributed by atoms with van der Waals surface area (Å²) in [5, 5.41) is 12.1. The SMILES string of the molecule is C[C@@H](O)CNc1nc2ccccc2[nH]1. The number of nitrogens with zero attached hydrogens (tertiary/aromatic N) is 1. The van der Waals surface area contributed by atoms with Gasteiger partial charge in [0.25, 0.3) is 0 Å². The van der Waals surface area contributed by atoms with Crippen LogP contribution in [0.5, 0.6) is 0 Å². The van der Waals surface area contributed by atoms with Crippen molar-refractivity contribution in [3.05, 3.63) is 24.3 Å². The van der Waals surface area contributed by atoms with Gasteiger partial charge in [-0.2, -0.15) is 0 Å². The summed E-state index contributed by atoms with van der Waals surface area (Å²) in [6.45, 7) is 2.23. The Kier molecular flexibility index (Phi) is 2.37. The molecule has 2 rings (SSSR count). The molecule has 0 fully saturated rings. The zero-order valence-corrected chi connectivity index (χ0v) is 7.99. The number of hydrogen-bond acceptors (Lipinski definition) is 3. The van der Waals surface area contributed by atoms with Crippen molar-refractivity contribution in [1.82, 2.24) is 9.97 Å². The molecule has 0 saturated heterocycles. The summed E-state index contributed by atoms with van der Waals surface area (Å²) in [5.74, 6) is 0.701. The van der Waals surface area contributed by atoms with Gasteiger partial charge in [-0.25, -0.2) is 4.98 Å². The molecule has 4 heteroatoms. The molecule has 0 unspecified atom stereocenters. The molecule has 1 aromatic heterocycles. The number of benzene rings is 1. The molecule has 0 spiro atoms. The largest absolute Gasteiger partial charge is 0.392 e. The molecule has 0 aliphatic heterocycles. The minimum atomic E-state index is -0.372. The second-order valence-corrected chi connectivity index (χ2v) is 3.33. The molecule has 1 aromatic carbocycles. The average molecular weight is 191 g/mol. The van der Waals surface area contributed by atoms with E-state index >= 15 is 0 Å². The van der Waals surface area contributed by atoms with Gasteiger partial charge in [-0.05, 0) is 19.1 Å². The quantitative estimate of drug-likeness (QED) is 0.686. The standard InChI is InChI=1S/C10H13N3O/c1-7(14)6-11-10-12-8-4-2-3-5-9(8)13-10/h2-5,7,14H,6H2,1H3,(H2,11,12,13)/t7-/m1/s1. The van der Waals surface area contributed by atoms with Crippen LogP contribution in [0.2, 0.25) is 0 Å². The molecule has 0 aliphatic rings. The van der Waals surface area contributed by atoms with Crippen molar-refractivity contribution in [1.29, 1.82) is 0 Å². The van der Waals surface area contributed by atoms with Gasteiger partial charge in [0.05, 0.1) is 17.1 Å². The summed E-state index contributed by atoms with van der Waals surface area (Å²) in [6, 6.07) is 7.82. The van der Waals surface area contributed by atoms with Crippen molar-refractivity contribution in [2.75, 3.05) is 11.9 Å². The van der Waals surface area contributed by atoms with Crippen LogP contribution in [0.4, 0.5) is 5.95 Å². The minimum Gasteiger partial charge on any atom is -0.392 e. The monoisotopic (exact) mass is 191 g/mol. The summed E-state index contributed by atoms with van der Waals surface area (Å²) in [6.07, 6.45) is -0.372. The lowest BCUT2D eigenvalue weighted by atomic mass is 10.3. The van der Waals surface area contributed by atoms with E-state index in [2.05, 4.69) is 15.3 Å². The van der Waals surface area contributed by atoms with Crippen LogP contribution >= 0.6 is 0 Å². The summed E-state index contributed by atoms with van der Waals surface area (Å²) in [4.78, 5) is 7.42. The second-order valence-electron chi connectivity index (χ2n) is 3.33. The highest BCUT2D eigenvalue weighted by molar-refractivity contribution is 5.77. The topological polar surface area (TPSA) is 60.9 Å². The molecule has 4 nitrogen and oxygen atoms in total. The highest BCUT2D eigenvalue weighted by Crippen LogP contribution is 2.12. The Hall–Kier alpha value is -1.55. The summed E-state index contributed by atoms with van der Waals surface area (Å²) >= 11 is 0. The van der Waals surface area contributed by atoms with Crippen LogP contribution in [0.15, 0.2) is 24.3 Å². The highest BCUT2D eigenvalue weighted by Gasteiger charge is 2.01. The molecule has 1 heterocycles. The van der Waals surface area contributed by atoms with Crippen molar-refractivity contribution in [2.24, 2.45) is 0 Å². The lowest BCUT2D eigenvalue weighted by molar-refractivity contribution is 0.208. The first kappa shape index (κ1) is 9.02. The first-order valence-electron chi connectivity index (χ1n) is 4.62. The number of aliphatic hydroxyl groups excluding tert-OH is 1. The van der Waals surface area contributed by atoms with Gasteiger partial charge in [0.1, 0.15) is 0 Å². The van der Waals surface area contributed by atoms with E-state index in [1.807, 2.05) is 24.3 Å². The van der Waals surface area contributed by atoms with E-state index in [1.165, 1.54) is 0 Å². The third-order valence-electron chi connectivity index (χ3n) is 1.95. The van der Waals surface area contributed by atoms with Crippen molar-refractivity contribution in [2.45, 2.75) is 13.0 Å². The normalized spacial score (nSPS) is 13.0. The van der Waals surface area contributed by atoms with Crippen molar-refractivity contribution >= 4 is 17.0 Å². The molecule has 0 radical (unpaired) electrons. The zero-order chi connectivity index (χ0) is 9.97. The number of aromatic nitrogens is 2. The first-order chi connectivity index (χ1) is 6.75. The number of aromatic amines is 1. The molecular formula is C10H13N3O. The number of anilines is 1. The average Bonchev–Trinajstić information content (AvgIpc) is 2.57. The molecule has 74 valence electrons. The van der Waals surface area contributed by atoms with Crippen LogP contribution in [0, 0.1) is 0 Å². The van der Waals surface area contributed by atoms with Gasteiger partial charge < -0.3 is 15.4 Å². The fourth-order valence-corrected chi connectivity index (χ4v) is 1.28. The Labute approximate surface area is 82.0 Å². The third kappa shape index (κ3) is 1.85. The predicted molar refractivity (Wildman–Crippen MR) is 56.3 cm³/mol. The van der Waals surface area contributed by atoms with Gasteiger partial charge in [0.2, 0.25) is 5.95 Å². The third-order valence-corrected chi connectivity index (χ3v) is 1.95. The van der Waals surface area contributed by atoms with Gasteiger partial charge in [0.15, 0.2) is 0 Å². The van der Waals surface area contributed by atoms with E-state index in [9.17, 15) is 0 Å². The molecule has 3 N–H and O–H groups in total. The lowest BCUT2D eigenvalue weighted by Crippen LogP contribution is -2.15. The predicted octanol–water partition coefficient (Wildman–Crippen LogP) is 1.36. The van der Waals surface area contributed by atoms with E-state index in [1.54, 1.807) is 6.92 Å². The maximum atomic E-state index is 9.08. The van der Waals surface area contributed by atoms with Crippen LogP contribution in [-0.4, -0.2) is 27.7 Å². The molecule has 1 atom stereocenters. The number of nitrogens with one attached hydrogen (secondary N) is 2. The summed E-state index contributed by atoms with van der Waals surface area (Å²) in [7, 11) is 0. The van der Waals surface area contributed by atoms with Gasteiger partial charge >= 0.3 is 0 Å². The Morgan fingerprint density at radius 2 is 2.29 bits per heavy atom. The Balaban J connectivity index is 2.19. The number of imidazole rings is 1. The molecular weight excluding hydrogens is 178 g/mol. The van der Waals surface area contributed by atoms with Gasteiger partial charge in [-0.15, -0.1) is 0 Å². The number of aliphatic hydroxyl groups is 1. The number of H-pyrrole nitrogens is 1. The molecule has 2 aromatic rings. The van der Waals surface area contributed by atoms with E-state index in [-0.39, 0.29) is 6.10 Å². The van der Waals surface area contributed by atoms with E-state index < -0.39 is 0 Å². The maximum Gasteiger partial charge on any atom is 0.201 e. The van der Waals surface area contributed by atoms with Gasteiger partial charge in [-0.3, -0.25) is 0 Å². The van der Waals surface area contributed by atoms with Crippen LogP contribution in [0.25, 0.3) is 11.0 Å². The number of para-hydroxylation sites is 2. The Bertz CT molecular complexity index is 389. The van der Waals surface area contributed by atoms with Gasteiger partial charge in [0, 0.05) is 6.54 Å². The van der Waals surface area contributed by atoms with E-state index in [4.69, 9.17) is 5.11 Å². The Morgan fingerprint density at radius 3 is 3.00 bits per heavy atom. The molecule has 0 amide bonds. The number of fused-ring (bicyclic) bond motifs is 1. The summed E-state index contributed by atoms with van der Waals surface area (Å²) < 4.78 is 0. The lowest BCUT2D eigenvalue weighted by Gasteiger charge is -2.03. The summed E-state index contributed by atoms with van der Waals surface area (Å²) in [5.41, 5.74) is 1.93.